The van der Waals surface area contributed by atoms with Crippen LogP contribution in [-0.2, 0) is 0 Å². The summed E-state index contributed by atoms with van der Waals surface area (Å²) in [6, 6.07) is 4.27. The third-order valence-corrected chi connectivity index (χ3v) is 2.72. The Kier molecular flexibility index (Phi) is 3.99. The van der Waals surface area contributed by atoms with Crippen molar-refractivity contribution in [2.24, 2.45) is 0 Å². The summed E-state index contributed by atoms with van der Waals surface area (Å²) in [6.07, 6.45) is 1.06. The van der Waals surface area contributed by atoms with Gasteiger partial charge < -0.3 is 9.84 Å². The number of carboxylic acids is 1. The Morgan fingerprint density at radius 2 is 2.14 bits per heavy atom. The van der Waals surface area contributed by atoms with Gasteiger partial charge in [-0.2, -0.15) is 0 Å². The Morgan fingerprint density at radius 1 is 1.43 bits per heavy atom. The molecule has 0 radical (unpaired) electrons. The van der Waals surface area contributed by atoms with Crippen LogP contribution in [0.5, 0.6) is 11.6 Å². The van der Waals surface area contributed by atoms with Crippen LogP contribution in [0, 0.1) is 15.9 Å². The van der Waals surface area contributed by atoms with Gasteiger partial charge in [0.1, 0.15) is 11.3 Å². The van der Waals surface area contributed by atoms with Crippen molar-refractivity contribution in [2.75, 3.05) is 0 Å². The molecule has 2 aromatic rings. The molecule has 0 atom stereocenters. The van der Waals surface area contributed by atoms with E-state index >= 15 is 0 Å². The maximum Gasteiger partial charge on any atom is 0.338 e. The molecule has 0 aliphatic heterocycles. The quantitative estimate of drug-likeness (QED) is 0.686. The number of non-ortho nitro benzene ring substituents is 1. The number of hydrogen-bond acceptors (Lipinski definition) is 5. The van der Waals surface area contributed by atoms with Gasteiger partial charge in [0.2, 0.25) is 0 Å². The molecule has 2 rings (SSSR count). The number of aromatic carboxylic acids is 1. The van der Waals surface area contributed by atoms with Gasteiger partial charge in [0.25, 0.3) is 11.6 Å². The fourth-order valence-corrected chi connectivity index (χ4v) is 1.66. The standard InChI is InChI=1S/C12H6ClFN2O5/c13-8-5-6(16(19)20)1-2-9(8)21-11-10(14)7(12(17)18)3-4-15-11/h1-5H,(H,17,18). The lowest BCUT2D eigenvalue weighted by molar-refractivity contribution is -0.384. The number of aromatic nitrogens is 1. The fourth-order valence-electron chi connectivity index (χ4n) is 1.45. The average Bonchev–Trinajstić information content (AvgIpc) is 2.42. The Hall–Kier alpha value is -2.74. The van der Waals surface area contributed by atoms with Crippen LogP contribution in [0.2, 0.25) is 5.02 Å². The number of rotatable bonds is 4. The molecule has 0 unspecified atom stereocenters. The Bertz CT molecular complexity index is 738. The summed E-state index contributed by atoms with van der Waals surface area (Å²) in [5.41, 5.74) is -0.877. The van der Waals surface area contributed by atoms with Gasteiger partial charge in [-0.3, -0.25) is 10.1 Å². The minimum atomic E-state index is -1.48. The molecule has 0 aliphatic rings. The van der Waals surface area contributed by atoms with E-state index in [-0.39, 0.29) is 16.5 Å². The molecule has 1 aromatic heterocycles. The first-order chi connectivity index (χ1) is 9.90. The fraction of sp³-hybridized carbons (Fsp3) is 0. The molecular formula is C12H6ClFN2O5. The van der Waals surface area contributed by atoms with Gasteiger partial charge in [0, 0.05) is 18.3 Å². The molecular weight excluding hydrogens is 307 g/mol. The second-order valence-corrected chi connectivity index (χ2v) is 4.16. The molecule has 0 spiro atoms. The zero-order valence-corrected chi connectivity index (χ0v) is 10.9. The highest BCUT2D eigenvalue weighted by Gasteiger charge is 2.18. The molecule has 9 heteroatoms. The molecule has 1 heterocycles. The first-order valence-electron chi connectivity index (χ1n) is 5.39. The van der Waals surface area contributed by atoms with E-state index in [1.165, 1.54) is 0 Å². The van der Waals surface area contributed by atoms with Crippen molar-refractivity contribution < 1.29 is 24.0 Å². The van der Waals surface area contributed by atoms with Crippen LogP contribution >= 0.6 is 11.6 Å². The Balaban J connectivity index is 2.37. The van der Waals surface area contributed by atoms with E-state index < -0.39 is 28.2 Å². The maximum absolute atomic E-state index is 13.8. The summed E-state index contributed by atoms with van der Waals surface area (Å²) in [5, 5.41) is 19.2. The van der Waals surface area contributed by atoms with Gasteiger partial charge >= 0.3 is 5.97 Å². The highest BCUT2D eigenvalue weighted by Crippen LogP contribution is 2.32. The highest BCUT2D eigenvalue weighted by molar-refractivity contribution is 6.32. The smallest absolute Gasteiger partial charge is 0.338 e. The number of ether oxygens (including phenoxy) is 1. The lowest BCUT2D eigenvalue weighted by atomic mass is 10.2. The lowest BCUT2D eigenvalue weighted by Crippen LogP contribution is -2.03. The van der Waals surface area contributed by atoms with Gasteiger partial charge in [-0.1, -0.05) is 11.6 Å². The third-order valence-electron chi connectivity index (χ3n) is 2.42. The first-order valence-corrected chi connectivity index (χ1v) is 5.77. The second-order valence-electron chi connectivity index (χ2n) is 3.76. The largest absolute Gasteiger partial charge is 0.478 e. The van der Waals surface area contributed by atoms with Crippen molar-refractivity contribution in [2.45, 2.75) is 0 Å². The molecule has 0 aliphatic carbocycles. The summed E-state index contributed by atoms with van der Waals surface area (Å²) in [7, 11) is 0. The minimum absolute atomic E-state index is 0.0868. The van der Waals surface area contributed by atoms with Crippen LogP contribution in [-0.4, -0.2) is 21.0 Å². The van der Waals surface area contributed by atoms with E-state index in [1.807, 2.05) is 0 Å². The highest BCUT2D eigenvalue weighted by atomic mass is 35.5. The number of halogens is 2. The molecule has 0 amide bonds. The van der Waals surface area contributed by atoms with E-state index in [0.717, 1.165) is 30.5 Å². The van der Waals surface area contributed by atoms with Crippen molar-refractivity contribution >= 4 is 23.3 Å². The summed E-state index contributed by atoms with van der Waals surface area (Å²) in [4.78, 5) is 24.3. The van der Waals surface area contributed by atoms with Crippen LogP contribution in [0.1, 0.15) is 10.4 Å². The molecule has 0 bridgehead atoms. The normalized spacial score (nSPS) is 10.2. The zero-order valence-electron chi connectivity index (χ0n) is 10.1. The van der Waals surface area contributed by atoms with Crippen molar-refractivity contribution in [3.8, 4) is 11.6 Å². The molecule has 7 nitrogen and oxygen atoms in total. The summed E-state index contributed by atoms with van der Waals surface area (Å²) in [6.45, 7) is 0. The van der Waals surface area contributed by atoms with Crippen molar-refractivity contribution in [1.29, 1.82) is 0 Å². The molecule has 1 aromatic carbocycles. The van der Waals surface area contributed by atoms with E-state index in [2.05, 4.69) is 4.98 Å². The minimum Gasteiger partial charge on any atom is -0.478 e. The lowest BCUT2D eigenvalue weighted by Gasteiger charge is -2.08. The van der Waals surface area contributed by atoms with Gasteiger partial charge in [-0.05, 0) is 12.1 Å². The van der Waals surface area contributed by atoms with Gasteiger partial charge in [0.15, 0.2) is 5.82 Å². The predicted molar refractivity (Wildman–Crippen MR) is 69.3 cm³/mol. The number of nitrogens with zero attached hydrogens (tertiary/aromatic N) is 2. The number of benzene rings is 1. The van der Waals surface area contributed by atoms with Gasteiger partial charge in [-0.15, -0.1) is 0 Å². The molecule has 108 valence electrons. The topological polar surface area (TPSA) is 103 Å². The third kappa shape index (κ3) is 3.06. The SMILES string of the molecule is O=C(O)c1ccnc(Oc2ccc([N+](=O)[O-])cc2Cl)c1F. The summed E-state index contributed by atoms with van der Waals surface area (Å²) < 4.78 is 18.9. The van der Waals surface area contributed by atoms with Crippen molar-refractivity contribution in [1.82, 2.24) is 4.98 Å². The van der Waals surface area contributed by atoms with Crippen LogP contribution in [0.15, 0.2) is 30.5 Å². The van der Waals surface area contributed by atoms with E-state index in [4.69, 9.17) is 21.4 Å². The number of nitro groups is 1. The number of carboxylic acid groups (broad SMARTS) is 1. The van der Waals surface area contributed by atoms with Gasteiger partial charge in [-0.25, -0.2) is 14.2 Å². The molecule has 1 N–H and O–H groups in total. The maximum atomic E-state index is 13.8. The Morgan fingerprint density at radius 3 is 2.71 bits per heavy atom. The second kappa shape index (κ2) is 5.71. The van der Waals surface area contributed by atoms with Crippen molar-refractivity contribution in [3.63, 3.8) is 0 Å². The molecule has 0 saturated carbocycles. The monoisotopic (exact) mass is 312 g/mol. The van der Waals surface area contributed by atoms with E-state index in [1.54, 1.807) is 0 Å². The van der Waals surface area contributed by atoms with E-state index in [0.29, 0.717) is 0 Å². The number of carbonyl (C=O) groups is 1. The summed E-state index contributed by atoms with van der Waals surface area (Å²) in [5.74, 6) is -3.32. The molecule has 0 saturated heterocycles. The van der Waals surface area contributed by atoms with Crippen LogP contribution in [0.4, 0.5) is 10.1 Å². The number of hydrogen-bond donors (Lipinski definition) is 1. The first kappa shape index (κ1) is 14.7. The predicted octanol–water partition coefficient (Wildman–Crippen LogP) is 3.27. The number of nitro benzene ring substituents is 1. The van der Waals surface area contributed by atoms with E-state index in [9.17, 15) is 19.3 Å². The average molecular weight is 313 g/mol. The van der Waals surface area contributed by atoms with Crippen LogP contribution in [0.3, 0.4) is 0 Å². The summed E-state index contributed by atoms with van der Waals surface area (Å²) >= 11 is 5.78. The number of pyridine rings is 1. The molecule has 21 heavy (non-hydrogen) atoms. The Labute approximate surface area is 121 Å². The zero-order chi connectivity index (χ0) is 15.6. The van der Waals surface area contributed by atoms with Crippen molar-refractivity contribution in [3.05, 3.63) is 57.0 Å². The van der Waals surface area contributed by atoms with Gasteiger partial charge in [0.05, 0.1) is 9.95 Å². The van der Waals surface area contributed by atoms with Crippen LogP contribution in [0.25, 0.3) is 0 Å². The molecule has 0 fully saturated rings. The van der Waals surface area contributed by atoms with Crippen LogP contribution < -0.4 is 4.74 Å².